The molecule has 7 nitrogen and oxygen atoms in total. The lowest BCUT2D eigenvalue weighted by atomic mass is 10.1. The first-order chi connectivity index (χ1) is 13.7. The predicted octanol–water partition coefficient (Wildman–Crippen LogP) is 2.57. The molecule has 2 heterocycles. The van der Waals surface area contributed by atoms with Gasteiger partial charge in [0.05, 0.1) is 6.61 Å². The smallest absolute Gasteiger partial charge is 0.221 e. The number of nitrogens with one attached hydrogen (secondary N) is 1. The largest absolute Gasteiger partial charge is 0.494 e. The average Bonchev–Trinajstić information content (AvgIpc) is 3.07. The number of hydrogen-bond acceptors (Lipinski definition) is 6. The van der Waals surface area contributed by atoms with Gasteiger partial charge in [-0.1, -0.05) is 18.6 Å². The highest BCUT2D eigenvalue weighted by Crippen LogP contribution is 2.17. The minimum atomic E-state index is 0.664. The van der Waals surface area contributed by atoms with Crippen LogP contribution in [0.5, 0.6) is 5.75 Å². The summed E-state index contributed by atoms with van der Waals surface area (Å²) < 4.78 is 7.74. The fourth-order valence-electron chi connectivity index (χ4n) is 3.53. The number of likely N-dealkylation sites (tertiary alicyclic amines) is 1. The molecular weight excluding hydrogens is 352 g/mol. The number of aryl methyl sites for hydroxylation is 2. The first kappa shape index (κ1) is 20.6. The Bertz CT molecular complexity index is 711. The van der Waals surface area contributed by atoms with Crippen molar-refractivity contribution < 1.29 is 4.74 Å². The summed E-state index contributed by atoms with van der Waals surface area (Å²) in [6, 6.07) is 8.50. The van der Waals surface area contributed by atoms with E-state index < -0.39 is 0 Å². The number of hydrogen-bond donors (Lipinski definition) is 2. The highest BCUT2D eigenvalue weighted by Gasteiger charge is 2.10. The number of nitrogens with zero attached hydrogens (tertiary/aromatic N) is 4. The zero-order valence-corrected chi connectivity index (χ0v) is 17.1. The Balaban J connectivity index is 1.37. The molecule has 0 saturated carbocycles. The molecule has 1 aliphatic rings. The van der Waals surface area contributed by atoms with Gasteiger partial charge in [0, 0.05) is 26.6 Å². The minimum absolute atomic E-state index is 0.664. The van der Waals surface area contributed by atoms with Crippen LogP contribution in [0.4, 0.5) is 5.95 Å². The Labute approximate surface area is 168 Å². The molecule has 0 atom stereocenters. The molecule has 3 N–H and O–H groups in total. The van der Waals surface area contributed by atoms with Crippen LogP contribution in [0.25, 0.3) is 0 Å². The van der Waals surface area contributed by atoms with E-state index >= 15 is 0 Å². The third-order valence-electron chi connectivity index (χ3n) is 5.04. The van der Waals surface area contributed by atoms with E-state index in [1.54, 1.807) is 4.68 Å². The summed E-state index contributed by atoms with van der Waals surface area (Å²) in [6.45, 7) is 5.60. The van der Waals surface area contributed by atoms with Gasteiger partial charge in [-0.25, -0.2) is 4.68 Å². The maximum Gasteiger partial charge on any atom is 0.221 e. The van der Waals surface area contributed by atoms with Crippen LogP contribution in [-0.4, -0.2) is 52.5 Å². The van der Waals surface area contributed by atoms with Gasteiger partial charge in [-0.3, -0.25) is 4.90 Å². The van der Waals surface area contributed by atoms with Gasteiger partial charge in [0.1, 0.15) is 5.75 Å². The van der Waals surface area contributed by atoms with Crippen LogP contribution in [0.15, 0.2) is 24.3 Å². The Morgan fingerprint density at radius 2 is 2.04 bits per heavy atom. The van der Waals surface area contributed by atoms with Crippen LogP contribution >= 0.6 is 0 Å². The van der Waals surface area contributed by atoms with Crippen LogP contribution < -0.4 is 15.8 Å². The summed E-state index contributed by atoms with van der Waals surface area (Å²) >= 11 is 0. The fourth-order valence-corrected chi connectivity index (χ4v) is 3.53. The SMILES string of the molecule is Cn1nc(CCCN)nc1NCCCOc1cccc(CN2CCCCC2)c1. The van der Waals surface area contributed by atoms with Crippen LogP contribution in [0.2, 0.25) is 0 Å². The second-order valence-corrected chi connectivity index (χ2v) is 7.48. The van der Waals surface area contributed by atoms with Gasteiger partial charge in [-0.05, 0) is 63.0 Å². The Morgan fingerprint density at radius 1 is 1.18 bits per heavy atom. The van der Waals surface area contributed by atoms with Crippen molar-refractivity contribution in [3.63, 3.8) is 0 Å². The molecule has 0 amide bonds. The molecule has 1 aromatic heterocycles. The van der Waals surface area contributed by atoms with E-state index in [1.807, 2.05) is 13.1 Å². The zero-order chi connectivity index (χ0) is 19.6. The van der Waals surface area contributed by atoms with Crippen LogP contribution in [0, 0.1) is 0 Å². The lowest BCUT2D eigenvalue weighted by Gasteiger charge is -2.26. The van der Waals surface area contributed by atoms with E-state index in [2.05, 4.69) is 38.5 Å². The maximum atomic E-state index is 5.95. The summed E-state index contributed by atoms with van der Waals surface area (Å²) in [6.07, 6.45) is 6.65. The predicted molar refractivity (Wildman–Crippen MR) is 113 cm³/mol. The maximum absolute atomic E-state index is 5.95. The molecule has 154 valence electrons. The van der Waals surface area contributed by atoms with Crippen molar-refractivity contribution in [2.24, 2.45) is 12.8 Å². The van der Waals surface area contributed by atoms with Crippen LogP contribution in [0.1, 0.15) is 43.5 Å². The third kappa shape index (κ3) is 6.49. The topological polar surface area (TPSA) is 81.2 Å². The molecule has 1 saturated heterocycles. The molecule has 7 heteroatoms. The molecule has 1 fully saturated rings. The van der Waals surface area contributed by atoms with E-state index in [4.69, 9.17) is 10.5 Å². The van der Waals surface area contributed by atoms with Gasteiger partial charge < -0.3 is 15.8 Å². The first-order valence-electron chi connectivity index (χ1n) is 10.5. The fraction of sp³-hybridized carbons (Fsp3) is 0.619. The summed E-state index contributed by atoms with van der Waals surface area (Å²) in [7, 11) is 1.91. The van der Waals surface area contributed by atoms with Crippen molar-refractivity contribution in [3.05, 3.63) is 35.7 Å². The summed E-state index contributed by atoms with van der Waals surface area (Å²) in [5, 5.41) is 7.74. The van der Waals surface area contributed by atoms with Gasteiger partial charge in [-0.2, -0.15) is 10.1 Å². The second-order valence-electron chi connectivity index (χ2n) is 7.48. The molecule has 0 spiro atoms. The average molecular weight is 387 g/mol. The molecule has 1 aliphatic heterocycles. The van der Waals surface area contributed by atoms with E-state index in [-0.39, 0.29) is 0 Å². The van der Waals surface area contributed by atoms with Gasteiger partial charge in [0.2, 0.25) is 5.95 Å². The van der Waals surface area contributed by atoms with Crippen LogP contribution in [0.3, 0.4) is 0 Å². The number of ether oxygens (including phenoxy) is 1. The summed E-state index contributed by atoms with van der Waals surface area (Å²) in [5.41, 5.74) is 6.88. The monoisotopic (exact) mass is 386 g/mol. The highest BCUT2D eigenvalue weighted by atomic mass is 16.5. The van der Waals surface area contributed by atoms with Crippen molar-refractivity contribution in [1.82, 2.24) is 19.7 Å². The molecule has 0 aliphatic carbocycles. The van der Waals surface area contributed by atoms with Crippen molar-refractivity contribution in [3.8, 4) is 5.75 Å². The number of aromatic nitrogens is 3. The lowest BCUT2D eigenvalue weighted by molar-refractivity contribution is 0.220. The first-order valence-corrected chi connectivity index (χ1v) is 10.5. The molecule has 2 aromatic rings. The highest BCUT2D eigenvalue weighted by molar-refractivity contribution is 5.28. The zero-order valence-electron chi connectivity index (χ0n) is 17.1. The number of anilines is 1. The summed E-state index contributed by atoms with van der Waals surface area (Å²) in [4.78, 5) is 7.05. The molecule has 0 radical (unpaired) electrons. The van der Waals surface area contributed by atoms with Crippen molar-refractivity contribution >= 4 is 5.95 Å². The molecule has 28 heavy (non-hydrogen) atoms. The Kier molecular flexibility index (Phi) is 8.11. The van der Waals surface area contributed by atoms with Gasteiger partial charge in [0.25, 0.3) is 0 Å². The molecule has 3 rings (SSSR count). The molecule has 0 bridgehead atoms. The lowest BCUT2D eigenvalue weighted by Crippen LogP contribution is -2.29. The quantitative estimate of drug-likeness (QED) is 0.578. The van der Waals surface area contributed by atoms with Crippen molar-refractivity contribution in [2.45, 2.75) is 45.1 Å². The Morgan fingerprint density at radius 3 is 2.86 bits per heavy atom. The normalized spacial score (nSPS) is 14.9. The van der Waals surface area contributed by atoms with Crippen LogP contribution in [-0.2, 0) is 20.0 Å². The molecular formula is C21H34N6O. The number of rotatable bonds is 11. The van der Waals surface area contributed by atoms with E-state index in [0.717, 1.165) is 49.9 Å². The van der Waals surface area contributed by atoms with Gasteiger partial charge in [-0.15, -0.1) is 0 Å². The Hall–Kier alpha value is -2.12. The molecule has 0 unspecified atom stereocenters. The van der Waals surface area contributed by atoms with Crippen molar-refractivity contribution in [2.75, 3.05) is 38.1 Å². The van der Waals surface area contributed by atoms with E-state index in [1.165, 1.54) is 37.9 Å². The van der Waals surface area contributed by atoms with Gasteiger partial charge >= 0.3 is 0 Å². The minimum Gasteiger partial charge on any atom is -0.494 e. The molecule has 1 aromatic carbocycles. The second kappa shape index (κ2) is 11.0. The number of nitrogens with two attached hydrogens (primary N) is 1. The van der Waals surface area contributed by atoms with E-state index in [9.17, 15) is 0 Å². The summed E-state index contributed by atoms with van der Waals surface area (Å²) in [5.74, 6) is 2.60. The standard InChI is InChI=1S/C21H34N6O/c1-26-21(24-20(25-26)10-6-11-22)23-12-7-15-28-19-9-5-8-18(16-19)17-27-13-3-2-4-14-27/h5,8-9,16H,2-4,6-7,10-15,17,22H2,1H3,(H,23,24,25). The van der Waals surface area contributed by atoms with Gasteiger partial charge in [0.15, 0.2) is 5.82 Å². The van der Waals surface area contributed by atoms with E-state index in [0.29, 0.717) is 13.2 Å². The third-order valence-corrected chi connectivity index (χ3v) is 5.04. The number of piperidine rings is 1. The number of benzene rings is 1. The van der Waals surface area contributed by atoms with Crippen molar-refractivity contribution in [1.29, 1.82) is 0 Å².